The highest BCUT2D eigenvalue weighted by atomic mass is 28.4. The number of rotatable bonds is 4. The molecular formula is C4H16N4Si. The van der Waals surface area contributed by atoms with Gasteiger partial charge in [0.05, 0.1) is 0 Å². The van der Waals surface area contributed by atoms with E-state index >= 15 is 0 Å². The summed E-state index contributed by atoms with van der Waals surface area (Å²) in [5, 5.41) is 0. The molecule has 0 amide bonds. The molecular weight excluding hydrogens is 132 g/mol. The maximum atomic E-state index is 5.51. The molecule has 56 valence electrons. The van der Waals surface area contributed by atoms with Gasteiger partial charge < -0.3 is 20.7 Å². The van der Waals surface area contributed by atoms with Crippen LogP contribution < -0.4 is 20.7 Å². The summed E-state index contributed by atoms with van der Waals surface area (Å²) in [5.74, 6) is 0. The molecule has 0 unspecified atom stereocenters. The molecule has 0 fully saturated rings. The van der Waals surface area contributed by atoms with Crippen molar-refractivity contribution in [2.75, 3.05) is 27.3 Å². The first-order valence-corrected chi connectivity index (χ1v) is 5.22. The average molecular weight is 148 g/mol. The number of nitrogens with two attached hydrogens (primary N) is 1. The fraction of sp³-hybridized carbons (Fsp3) is 1.00. The van der Waals surface area contributed by atoms with Gasteiger partial charge in [-0.25, -0.2) is 0 Å². The molecule has 0 atom stereocenters. The molecule has 0 aliphatic heterocycles. The molecule has 5 N–H and O–H groups in total. The molecule has 0 rings (SSSR count). The molecule has 5 heteroatoms. The molecule has 0 spiro atoms. The molecule has 0 aliphatic rings. The van der Waals surface area contributed by atoms with Gasteiger partial charge in [0, 0.05) is 6.17 Å². The fourth-order valence-corrected chi connectivity index (χ4v) is 2.04. The van der Waals surface area contributed by atoms with E-state index in [0.29, 0.717) is 6.17 Å². The third-order valence-electron chi connectivity index (χ3n) is 1.59. The smallest absolute Gasteiger partial charge is 0.294 e. The summed E-state index contributed by atoms with van der Waals surface area (Å²) in [6, 6.07) is 0. The van der Waals surface area contributed by atoms with E-state index < -0.39 is 8.56 Å². The van der Waals surface area contributed by atoms with E-state index in [2.05, 4.69) is 14.9 Å². The lowest BCUT2D eigenvalue weighted by Gasteiger charge is -2.26. The van der Waals surface area contributed by atoms with Gasteiger partial charge in [-0.05, 0) is 21.1 Å². The minimum atomic E-state index is -1.66. The Morgan fingerprint density at radius 1 is 1.11 bits per heavy atom. The van der Waals surface area contributed by atoms with Crippen LogP contribution in [0.1, 0.15) is 0 Å². The molecule has 0 heterocycles. The zero-order valence-corrected chi connectivity index (χ0v) is 7.28. The van der Waals surface area contributed by atoms with Crippen molar-refractivity contribution in [1.82, 2.24) is 14.9 Å². The van der Waals surface area contributed by atoms with Crippen LogP contribution in [0.3, 0.4) is 0 Å². The SMILES string of the molecule is CN[Si](CN)(NC)NC. The number of hydrogen-bond donors (Lipinski definition) is 4. The summed E-state index contributed by atoms with van der Waals surface area (Å²) < 4.78 is 0. The lowest BCUT2D eigenvalue weighted by molar-refractivity contribution is 0.887. The topological polar surface area (TPSA) is 62.1 Å². The van der Waals surface area contributed by atoms with E-state index in [4.69, 9.17) is 5.73 Å². The predicted molar refractivity (Wildman–Crippen MR) is 42.0 cm³/mol. The van der Waals surface area contributed by atoms with Gasteiger partial charge >= 0.3 is 0 Å². The van der Waals surface area contributed by atoms with E-state index in [1.165, 1.54) is 0 Å². The Morgan fingerprint density at radius 3 is 1.44 bits per heavy atom. The lowest BCUT2D eigenvalue weighted by Crippen LogP contribution is -2.73. The second kappa shape index (κ2) is 3.97. The van der Waals surface area contributed by atoms with Crippen molar-refractivity contribution >= 4 is 8.56 Å². The Bertz CT molecular complexity index is 55.5. The summed E-state index contributed by atoms with van der Waals surface area (Å²) in [6.45, 7) is 0. The average Bonchev–Trinajstić information content (AvgIpc) is 1.95. The Kier molecular flexibility index (Phi) is 3.99. The van der Waals surface area contributed by atoms with Crippen LogP contribution in [0.5, 0.6) is 0 Å². The molecule has 0 aromatic rings. The van der Waals surface area contributed by atoms with Gasteiger partial charge in [-0.15, -0.1) is 0 Å². The zero-order valence-electron chi connectivity index (χ0n) is 6.28. The minimum Gasteiger partial charge on any atom is -0.329 e. The van der Waals surface area contributed by atoms with Gasteiger partial charge in [-0.2, -0.15) is 0 Å². The minimum absolute atomic E-state index is 0.649. The van der Waals surface area contributed by atoms with Crippen molar-refractivity contribution in [3.05, 3.63) is 0 Å². The van der Waals surface area contributed by atoms with Crippen molar-refractivity contribution in [1.29, 1.82) is 0 Å². The zero-order chi connectivity index (χ0) is 7.33. The highest BCUT2D eigenvalue weighted by Gasteiger charge is 2.25. The molecule has 0 saturated heterocycles. The van der Waals surface area contributed by atoms with Crippen molar-refractivity contribution in [3.8, 4) is 0 Å². The maximum Gasteiger partial charge on any atom is 0.294 e. The Balaban J connectivity index is 3.82. The molecule has 0 aromatic carbocycles. The van der Waals surface area contributed by atoms with Crippen LogP contribution in [0, 0.1) is 0 Å². The number of hydrogen-bond acceptors (Lipinski definition) is 4. The van der Waals surface area contributed by atoms with Gasteiger partial charge in [0.25, 0.3) is 8.56 Å². The summed E-state index contributed by atoms with van der Waals surface area (Å²) in [5.41, 5.74) is 5.51. The van der Waals surface area contributed by atoms with Crippen molar-refractivity contribution in [2.24, 2.45) is 5.73 Å². The molecule has 0 bridgehead atoms. The van der Waals surface area contributed by atoms with Crippen molar-refractivity contribution < 1.29 is 0 Å². The van der Waals surface area contributed by atoms with E-state index in [-0.39, 0.29) is 0 Å². The maximum absolute atomic E-state index is 5.51. The van der Waals surface area contributed by atoms with Gasteiger partial charge in [-0.3, -0.25) is 0 Å². The molecule has 0 aromatic heterocycles. The second-order valence-electron chi connectivity index (χ2n) is 1.86. The van der Waals surface area contributed by atoms with Crippen LogP contribution in [-0.4, -0.2) is 35.9 Å². The second-order valence-corrected chi connectivity index (χ2v) is 5.58. The summed E-state index contributed by atoms with van der Waals surface area (Å²) in [4.78, 5) is 9.47. The van der Waals surface area contributed by atoms with E-state index in [1.807, 2.05) is 21.1 Å². The molecule has 4 nitrogen and oxygen atoms in total. The Hall–Kier alpha value is 0.0569. The lowest BCUT2D eigenvalue weighted by atomic mass is 11.5. The van der Waals surface area contributed by atoms with E-state index in [0.717, 1.165) is 0 Å². The highest BCUT2D eigenvalue weighted by Crippen LogP contribution is 1.77. The summed E-state index contributed by atoms with van der Waals surface area (Å²) in [6.07, 6.45) is 0.649. The first-order chi connectivity index (χ1) is 4.24. The van der Waals surface area contributed by atoms with Crippen LogP contribution in [0.25, 0.3) is 0 Å². The van der Waals surface area contributed by atoms with Crippen LogP contribution in [0.15, 0.2) is 0 Å². The van der Waals surface area contributed by atoms with Gasteiger partial charge in [0.1, 0.15) is 0 Å². The van der Waals surface area contributed by atoms with Crippen LogP contribution >= 0.6 is 0 Å². The third-order valence-corrected chi connectivity index (χ3v) is 4.76. The normalized spacial score (nSPS) is 12.0. The highest BCUT2D eigenvalue weighted by molar-refractivity contribution is 6.72. The van der Waals surface area contributed by atoms with Crippen LogP contribution in [0.2, 0.25) is 0 Å². The molecule has 9 heavy (non-hydrogen) atoms. The quantitative estimate of drug-likeness (QED) is 0.351. The Morgan fingerprint density at radius 2 is 1.44 bits per heavy atom. The summed E-state index contributed by atoms with van der Waals surface area (Å²) >= 11 is 0. The first kappa shape index (κ1) is 9.06. The fourth-order valence-electron chi connectivity index (χ4n) is 0.681. The number of nitrogens with one attached hydrogen (secondary N) is 3. The van der Waals surface area contributed by atoms with E-state index in [9.17, 15) is 0 Å². The largest absolute Gasteiger partial charge is 0.329 e. The molecule has 0 saturated carbocycles. The van der Waals surface area contributed by atoms with Crippen molar-refractivity contribution in [3.63, 3.8) is 0 Å². The Labute approximate surface area is 57.4 Å². The van der Waals surface area contributed by atoms with Crippen molar-refractivity contribution in [2.45, 2.75) is 0 Å². The van der Waals surface area contributed by atoms with Gasteiger partial charge in [0.2, 0.25) is 0 Å². The monoisotopic (exact) mass is 148 g/mol. The molecule has 0 aliphatic carbocycles. The first-order valence-electron chi connectivity index (χ1n) is 3.01. The summed E-state index contributed by atoms with van der Waals surface area (Å²) in [7, 11) is 4.06. The standard InChI is InChI=1S/C4H16N4Si/c1-6-9(4-5,7-2)8-3/h6-8H,4-5H2,1-3H3. The predicted octanol–water partition coefficient (Wildman–Crippen LogP) is -1.92. The van der Waals surface area contributed by atoms with E-state index in [1.54, 1.807) is 0 Å². The van der Waals surface area contributed by atoms with Gasteiger partial charge in [0.15, 0.2) is 0 Å². The van der Waals surface area contributed by atoms with Gasteiger partial charge in [-0.1, -0.05) is 0 Å². The van der Waals surface area contributed by atoms with Crippen LogP contribution in [-0.2, 0) is 0 Å². The van der Waals surface area contributed by atoms with Crippen LogP contribution in [0.4, 0.5) is 0 Å². The third kappa shape index (κ3) is 2.03. The molecule has 0 radical (unpaired) electrons.